The fraction of sp³-hybridized carbons (Fsp3) is 0.346. The van der Waals surface area contributed by atoms with E-state index < -0.39 is 5.91 Å². The Hall–Kier alpha value is -2.81. The highest BCUT2D eigenvalue weighted by Crippen LogP contribution is 2.48. The van der Waals surface area contributed by atoms with E-state index in [-0.39, 0.29) is 11.3 Å². The second-order valence-corrected chi connectivity index (χ2v) is 8.52. The van der Waals surface area contributed by atoms with Crippen molar-refractivity contribution in [2.75, 3.05) is 0 Å². The Morgan fingerprint density at radius 3 is 2.52 bits per heavy atom. The van der Waals surface area contributed by atoms with Crippen LogP contribution in [0, 0.1) is 5.41 Å². The molecular formula is C26H33NO2. The Morgan fingerprint density at radius 1 is 1.17 bits per heavy atom. The van der Waals surface area contributed by atoms with E-state index in [1.54, 1.807) is 6.07 Å². The fourth-order valence-electron chi connectivity index (χ4n) is 4.00. The van der Waals surface area contributed by atoms with Crippen LogP contribution in [0.2, 0.25) is 0 Å². The summed E-state index contributed by atoms with van der Waals surface area (Å²) in [5, 5.41) is 10.3. The molecule has 0 bridgehead atoms. The number of phenolic OH excluding ortho intramolecular Hbond substituents is 1. The normalized spacial score (nSPS) is 20.7. The van der Waals surface area contributed by atoms with Crippen molar-refractivity contribution < 1.29 is 9.90 Å². The number of carbonyl (C=O) groups is 1. The first-order valence-corrected chi connectivity index (χ1v) is 10.1. The minimum Gasteiger partial charge on any atom is -0.508 e. The summed E-state index contributed by atoms with van der Waals surface area (Å²) in [5.41, 5.74) is 10.9. The molecule has 0 saturated carbocycles. The summed E-state index contributed by atoms with van der Waals surface area (Å²) in [5.74, 6) is 0.184. The van der Waals surface area contributed by atoms with Gasteiger partial charge in [-0.2, -0.15) is 0 Å². The molecule has 1 aliphatic carbocycles. The first-order chi connectivity index (χ1) is 13.6. The van der Waals surface area contributed by atoms with Gasteiger partial charge in [-0.1, -0.05) is 73.6 Å². The van der Waals surface area contributed by atoms with Gasteiger partial charge in [0.15, 0.2) is 0 Å². The van der Waals surface area contributed by atoms with Gasteiger partial charge in [0.2, 0.25) is 5.91 Å². The first-order valence-electron chi connectivity index (χ1n) is 10.1. The van der Waals surface area contributed by atoms with Crippen molar-refractivity contribution in [3.05, 3.63) is 88.6 Å². The molecule has 3 heteroatoms. The SMILES string of the molecule is CC1=C(/C=C/C(C)=C/C=C/C(C)=C/C(N)=O)C(C)(C)CCC1c1ccccc1O. The van der Waals surface area contributed by atoms with Gasteiger partial charge < -0.3 is 10.8 Å². The predicted molar refractivity (Wildman–Crippen MR) is 122 cm³/mol. The Labute approximate surface area is 175 Å². The van der Waals surface area contributed by atoms with E-state index in [9.17, 15) is 9.90 Å². The summed E-state index contributed by atoms with van der Waals surface area (Å²) in [6.07, 6.45) is 13.7. The van der Waals surface area contributed by atoms with Crippen LogP contribution >= 0.6 is 0 Å². The minimum atomic E-state index is -0.436. The number of phenols is 1. The standard InChI is InChI=1S/C26H33NO2/c1-18(9-8-10-19(2)17-25(27)29)13-14-23-20(3)21(15-16-26(23,4)5)22-11-6-7-12-24(22)28/h6-14,17,21,28H,15-16H2,1-5H3,(H2,27,29)/b10-8+,14-13+,18-9+,19-17+. The summed E-state index contributed by atoms with van der Waals surface area (Å²) in [6.45, 7) is 10.7. The Bertz CT molecular complexity index is 910. The van der Waals surface area contributed by atoms with Crippen molar-refractivity contribution in [1.29, 1.82) is 0 Å². The third-order valence-electron chi connectivity index (χ3n) is 5.65. The van der Waals surface area contributed by atoms with Crippen LogP contribution in [0.1, 0.15) is 58.9 Å². The number of hydrogen-bond acceptors (Lipinski definition) is 2. The summed E-state index contributed by atoms with van der Waals surface area (Å²) in [7, 11) is 0. The zero-order chi connectivity index (χ0) is 21.6. The summed E-state index contributed by atoms with van der Waals surface area (Å²) in [4.78, 5) is 10.9. The van der Waals surface area contributed by atoms with Gasteiger partial charge in [0.25, 0.3) is 0 Å². The second-order valence-electron chi connectivity index (χ2n) is 8.52. The molecule has 2 rings (SSSR count). The number of benzene rings is 1. The van der Waals surface area contributed by atoms with Crippen LogP contribution in [0.15, 0.2) is 83.0 Å². The molecule has 1 aliphatic rings. The van der Waals surface area contributed by atoms with E-state index in [1.807, 2.05) is 43.4 Å². The van der Waals surface area contributed by atoms with Crippen molar-refractivity contribution >= 4 is 5.91 Å². The Kier molecular flexibility index (Phi) is 7.44. The number of allylic oxidation sites excluding steroid dienone is 9. The maximum atomic E-state index is 10.9. The van der Waals surface area contributed by atoms with Gasteiger partial charge >= 0.3 is 0 Å². The number of para-hydroxylation sites is 1. The van der Waals surface area contributed by atoms with Crippen molar-refractivity contribution in [1.82, 2.24) is 0 Å². The van der Waals surface area contributed by atoms with Crippen molar-refractivity contribution in [2.45, 2.75) is 53.4 Å². The van der Waals surface area contributed by atoms with Crippen LogP contribution in [0.3, 0.4) is 0 Å². The van der Waals surface area contributed by atoms with Crippen LogP contribution in [0.25, 0.3) is 0 Å². The van der Waals surface area contributed by atoms with Crippen molar-refractivity contribution in [3.63, 3.8) is 0 Å². The Morgan fingerprint density at radius 2 is 1.86 bits per heavy atom. The molecule has 0 aliphatic heterocycles. The summed E-state index contributed by atoms with van der Waals surface area (Å²) in [6, 6.07) is 7.66. The van der Waals surface area contributed by atoms with Gasteiger partial charge in [0, 0.05) is 17.6 Å². The number of hydrogen-bond donors (Lipinski definition) is 2. The number of nitrogens with two attached hydrogens (primary N) is 1. The third kappa shape index (κ3) is 6.08. The maximum absolute atomic E-state index is 10.9. The molecule has 0 heterocycles. The minimum absolute atomic E-state index is 0.0957. The topological polar surface area (TPSA) is 63.3 Å². The lowest BCUT2D eigenvalue weighted by molar-refractivity contribution is -0.113. The molecule has 3 nitrogen and oxygen atoms in total. The van der Waals surface area contributed by atoms with Gasteiger partial charge in [-0.15, -0.1) is 0 Å². The quantitative estimate of drug-likeness (QED) is 0.454. The third-order valence-corrected chi connectivity index (χ3v) is 5.65. The van der Waals surface area contributed by atoms with Crippen LogP contribution in [-0.2, 0) is 4.79 Å². The number of amides is 1. The Balaban J connectivity index is 2.28. The molecule has 0 saturated heterocycles. The molecule has 0 spiro atoms. The molecule has 3 N–H and O–H groups in total. The van der Waals surface area contributed by atoms with E-state index in [0.29, 0.717) is 5.75 Å². The van der Waals surface area contributed by atoms with Crippen LogP contribution in [0.4, 0.5) is 0 Å². The lowest BCUT2D eigenvalue weighted by Gasteiger charge is -2.38. The first kappa shape index (κ1) is 22.5. The van der Waals surface area contributed by atoms with Crippen molar-refractivity contribution in [2.24, 2.45) is 11.1 Å². The molecule has 0 aromatic heterocycles. The number of rotatable bonds is 6. The monoisotopic (exact) mass is 391 g/mol. The molecule has 1 aromatic carbocycles. The lowest BCUT2D eigenvalue weighted by atomic mass is 9.67. The van der Waals surface area contributed by atoms with Crippen LogP contribution in [-0.4, -0.2) is 11.0 Å². The van der Waals surface area contributed by atoms with E-state index in [0.717, 1.165) is 29.6 Å². The largest absolute Gasteiger partial charge is 0.508 e. The zero-order valence-corrected chi connectivity index (χ0v) is 18.2. The van der Waals surface area contributed by atoms with Gasteiger partial charge in [0.1, 0.15) is 5.75 Å². The van der Waals surface area contributed by atoms with Gasteiger partial charge in [-0.3, -0.25) is 4.79 Å². The van der Waals surface area contributed by atoms with E-state index in [4.69, 9.17) is 5.73 Å². The fourth-order valence-corrected chi connectivity index (χ4v) is 4.00. The maximum Gasteiger partial charge on any atom is 0.241 e. The predicted octanol–water partition coefficient (Wildman–Crippen LogP) is 6.10. The number of aromatic hydroxyl groups is 1. The average molecular weight is 392 g/mol. The molecule has 0 fully saturated rings. The molecule has 29 heavy (non-hydrogen) atoms. The van der Waals surface area contributed by atoms with Gasteiger partial charge in [-0.05, 0) is 56.2 Å². The molecule has 1 unspecified atom stereocenters. The molecule has 1 amide bonds. The average Bonchev–Trinajstić information content (AvgIpc) is 2.61. The molecule has 1 aromatic rings. The number of primary amides is 1. The highest BCUT2D eigenvalue weighted by atomic mass is 16.3. The van der Waals surface area contributed by atoms with Crippen molar-refractivity contribution in [3.8, 4) is 5.75 Å². The molecule has 154 valence electrons. The van der Waals surface area contributed by atoms with Gasteiger partial charge in [0.05, 0.1) is 0 Å². The van der Waals surface area contributed by atoms with E-state index in [2.05, 4.69) is 39.8 Å². The second kappa shape index (κ2) is 9.60. The summed E-state index contributed by atoms with van der Waals surface area (Å²) < 4.78 is 0. The van der Waals surface area contributed by atoms with Gasteiger partial charge in [-0.25, -0.2) is 0 Å². The van der Waals surface area contributed by atoms with E-state index in [1.165, 1.54) is 17.2 Å². The molecule has 1 atom stereocenters. The highest BCUT2D eigenvalue weighted by Gasteiger charge is 2.33. The zero-order valence-electron chi connectivity index (χ0n) is 18.2. The van der Waals surface area contributed by atoms with Crippen LogP contribution < -0.4 is 5.73 Å². The molecular weight excluding hydrogens is 358 g/mol. The van der Waals surface area contributed by atoms with Crippen LogP contribution in [0.5, 0.6) is 5.75 Å². The molecule has 0 radical (unpaired) electrons. The summed E-state index contributed by atoms with van der Waals surface area (Å²) >= 11 is 0. The highest BCUT2D eigenvalue weighted by molar-refractivity contribution is 5.86. The smallest absolute Gasteiger partial charge is 0.241 e. The number of carbonyl (C=O) groups excluding carboxylic acids is 1. The lowest BCUT2D eigenvalue weighted by Crippen LogP contribution is -2.23. The van der Waals surface area contributed by atoms with E-state index >= 15 is 0 Å².